The highest BCUT2D eigenvalue weighted by Crippen LogP contribution is 2.25. The van der Waals surface area contributed by atoms with Crippen molar-refractivity contribution in [2.45, 2.75) is 51.5 Å². The number of esters is 1. The number of carbonyl (C=O) groups excluding carboxylic acids is 1. The number of carbonyl (C=O) groups is 1. The molecule has 1 aliphatic rings. The molecule has 2 N–H and O–H groups in total. The fourth-order valence-electron chi connectivity index (χ4n) is 3.93. The molecule has 0 bridgehead atoms. The van der Waals surface area contributed by atoms with Gasteiger partial charge >= 0.3 is 5.97 Å². The van der Waals surface area contributed by atoms with Gasteiger partial charge in [0.05, 0.1) is 25.9 Å². The van der Waals surface area contributed by atoms with E-state index in [4.69, 9.17) is 18.9 Å². The van der Waals surface area contributed by atoms with Crippen LogP contribution in [0.15, 0.2) is 52.1 Å². The minimum atomic E-state index is -0.0593. The molecule has 0 aliphatic heterocycles. The number of hydrogen-bond acceptors (Lipinski definition) is 5. The summed E-state index contributed by atoms with van der Waals surface area (Å²) in [5, 5.41) is 7.03. The van der Waals surface area contributed by atoms with E-state index in [9.17, 15) is 4.79 Å². The number of hydrogen-bond donors (Lipinski definition) is 2. The van der Waals surface area contributed by atoms with Gasteiger partial charge in [-0.1, -0.05) is 12.1 Å². The maximum atomic E-state index is 12.0. The summed E-state index contributed by atoms with van der Waals surface area (Å²) in [6.07, 6.45) is 6.89. The predicted octanol–water partition coefficient (Wildman–Crippen LogP) is 3.73. The first-order valence-corrected chi connectivity index (χ1v) is 11.5. The normalized spacial score (nSPS) is 18.8. The molecule has 3 rings (SSSR count). The maximum Gasteiger partial charge on any atom is 0.308 e. The first-order chi connectivity index (χ1) is 15.7. The van der Waals surface area contributed by atoms with Crippen molar-refractivity contribution < 1.29 is 18.7 Å². The fourth-order valence-corrected chi connectivity index (χ4v) is 3.93. The summed E-state index contributed by atoms with van der Waals surface area (Å²) in [6, 6.07) is 12.3. The molecule has 0 atom stereocenters. The Bertz CT molecular complexity index is 825. The van der Waals surface area contributed by atoms with Crippen LogP contribution >= 0.6 is 0 Å². The number of guanidine groups is 1. The van der Waals surface area contributed by atoms with Gasteiger partial charge < -0.3 is 24.5 Å². The molecule has 7 heteroatoms. The van der Waals surface area contributed by atoms with E-state index in [0.29, 0.717) is 19.2 Å². The second-order valence-electron chi connectivity index (χ2n) is 8.03. The Morgan fingerprint density at radius 3 is 2.56 bits per heavy atom. The van der Waals surface area contributed by atoms with Crippen LogP contribution < -0.4 is 15.4 Å². The van der Waals surface area contributed by atoms with Gasteiger partial charge in [-0.3, -0.25) is 9.79 Å². The van der Waals surface area contributed by atoms with Crippen LogP contribution in [0.3, 0.4) is 0 Å². The molecule has 0 unspecified atom stereocenters. The number of nitrogens with one attached hydrogen (secondary N) is 2. The lowest BCUT2D eigenvalue weighted by Crippen LogP contribution is -2.46. The summed E-state index contributed by atoms with van der Waals surface area (Å²) in [5.41, 5.74) is 1.24. The van der Waals surface area contributed by atoms with Gasteiger partial charge in [-0.15, -0.1) is 0 Å². The second-order valence-corrected chi connectivity index (χ2v) is 8.03. The van der Waals surface area contributed by atoms with Crippen LogP contribution in [0.2, 0.25) is 0 Å². The lowest BCUT2D eigenvalue weighted by molar-refractivity contribution is -0.149. The van der Waals surface area contributed by atoms with Crippen LogP contribution in [-0.2, 0) is 22.4 Å². The van der Waals surface area contributed by atoms with E-state index in [1.54, 1.807) is 13.4 Å². The van der Waals surface area contributed by atoms with E-state index < -0.39 is 0 Å². The summed E-state index contributed by atoms with van der Waals surface area (Å²) in [7, 11) is 1.67. The van der Waals surface area contributed by atoms with E-state index in [2.05, 4.69) is 22.8 Å². The lowest BCUT2D eigenvalue weighted by Gasteiger charge is -2.29. The van der Waals surface area contributed by atoms with Crippen LogP contribution in [0, 0.1) is 5.92 Å². The van der Waals surface area contributed by atoms with Crippen molar-refractivity contribution in [3.05, 3.63) is 54.0 Å². The summed E-state index contributed by atoms with van der Waals surface area (Å²) >= 11 is 0. The molecule has 7 nitrogen and oxygen atoms in total. The smallest absolute Gasteiger partial charge is 0.308 e. The van der Waals surface area contributed by atoms with Gasteiger partial charge in [-0.25, -0.2) is 0 Å². The van der Waals surface area contributed by atoms with Gasteiger partial charge in [0.25, 0.3) is 0 Å². The number of rotatable bonds is 10. The molecule has 1 heterocycles. The first-order valence-electron chi connectivity index (χ1n) is 11.5. The molecule has 1 fully saturated rings. The quantitative estimate of drug-likeness (QED) is 0.332. The zero-order valence-electron chi connectivity index (χ0n) is 19.1. The molecular formula is C25H35N3O4. The summed E-state index contributed by atoms with van der Waals surface area (Å²) in [5.74, 6) is 2.57. The lowest BCUT2D eigenvalue weighted by atomic mass is 9.86. The van der Waals surface area contributed by atoms with Crippen LogP contribution in [0.4, 0.5) is 0 Å². The van der Waals surface area contributed by atoms with Gasteiger partial charge in [0.2, 0.25) is 0 Å². The Hall–Kier alpha value is -2.96. The summed E-state index contributed by atoms with van der Waals surface area (Å²) in [4.78, 5) is 16.8. The highest BCUT2D eigenvalue weighted by Gasteiger charge is 2.27. The molecule has 0 radical (unpaired) electrons. The molecule has 1 aromatic heterocycles. The molecule has 1 aromatic carbocycles. The van der Waals surface area contributed by atoms with E-state index in [1.165, 1.54) is 5.56 Å². The van der Waals surface area contributed by atoms with E-state index >= 15 is 0 Å². The van der Waals surface area contributed by atoms with E-state index in [1.807, 2.05) is 31.2 Å². The van der Waals surface area contributed by atoms with Crippen molar-refractivity contribution in [2.75, 3.05) is 26.8 Å². The molecule has 32 heavy (non-hydrogen) atoms. The minimum absolute atomic E-state index is 0.0235. The van der Waals surface area contributed by atoms with Gasteiger partial charge in [-0.05, 0) is 68.9 Å². The number of methoxy groups -OCH3 is 1. The highest BCUT2D eigenvalue weighted by atomic mass is 16.5. The summed E-state index contributed by atoms with van der Waals surface area (Å²) < 4.78 is 15.8. The van der Waals surface area contributed by atoms with Gasteiger partial charge in [0, 0.05) is 25.6 Å². The SMILES string of the molecule is CCOC(=O)C1CCC(NC(=NCCc2ccco2)NCCc2ccc(OC)cc2)CC1. The van der Waals surface area contributed by atoms with Gasteiger partial charge in [-0.2, -0.15) is 0 Å². The minimum Gasteiger partial charge on any atom is -0.497 e. The van der Waals surface area contributed by atoms with E-state index in [0.717, 1.165) is 62.5 Å². The average Bonchev–Trinajstić information content (AvgIpc) is 3.33. The van der Waals surface area contributed by atoms with Crippen LogP contribution in [0.25, 0.3) is 0 Å². The van der Waals surface area contributed by atoms with Crippen molar-refractivity contribution in [3.63, 3.8) is 0 Å². The Morgan fingerprint density at radius 2 is 1.91 bits per heavy atom. The van der Waals surface area contributed by atoms with Crippen molar-refractivity contribution in [1.82, 2.24) is 10.6 Å². The van der Waals surface area contributed by atoms with Crippen LogP contribution in [0.5, 0.6) is 5.75 Å². The zero-order chi connectivity index (χ0) is 22.6. The molecule has 2 aromatic rings. The van der Waals surface area contributed by atoms with Crippen LogP contribution in [-0.4, -0.2) is 44.8 Å². The average molecular weight is 442 g/mol. The largest absolute Gasteiger partial charge is 0.497 e. The van der Waals surface area contributed by atoms with Crippen molar-refractivity contribution in [3.8, 4) is 5.75 Å². The highest BCUT2D eigenvalue weighted by molar-refractivity contribution is 5.80. The Balaban J connectivity index is 1.51. The monoisotopic (exact) mass is 441 g/mol. The van der Waals surface area contributed by atoms with Crippen molar-refractivity contribution >= 4 is 11.9 Å². The molecule has 0 spiro atoms. The molecule has 1 saturated carbocycles. The molecule has 0 amide bonds. The third-order valence-electron chi connectivity index (χ3n) is 5.76. The second kappa shape index (κ2) is 12.8. The Labute approximate surface area is 190 Å². The third kappa shape index (κ3) is 7.62. The fraction of sp³-hybridized carbons (Fsp3) is 0.520. The number of nitrogens with zero attached hydrogens (tertiary/aromatic N) is 1. The predicted molar refractivity (Wildman–Crippen MR) is 125 cm³/mol. The summed E-state index contributed by atoms with van der Waals surface area (Å²) in [6.45, 7) is 3.72. The van der Waals surface area contributed by atoms with Crippen molar-refractivity contribution in [2.24, 2.45) is 10.9 Å². The van der Waals surface area contributed by atoms with E-state index in [-0.39, 0.29) is 11.9 Å². The molecule has 1 aliphatic carbocycles. The first kappa shape index (κ1) is 23.7. The number of ether oxygens (including phenoxy) is 2. The molecule has 0 saturated heterocycles. The molecular weight excluding hydrogens is 406 g/mol. The Kier molecular flexibility index (Phi) is 9.47. The Morgan fingerprint density at radius 1 is 1.12 bits per heavy atom. The third-order valence-corrected chi connectivity index (χ3v) is 5.76. The molecule has 174 valence electrons. The van der Waals surface area contributed by atoms with Gasteiger partial charge in [0.1, 0.15) is 11.5 Å². The standard InChI is InChI=1S/C25H35N3O4/c1-3-31-24(29)20-8-10-21(11-9-20)28-25(27-17-15-23-5-4-18-32-23)26-16-14-19-6-12-22(30-2)13-7-19/h4-7,12-13,18,20-21H,3,8-11,14-17H2,1-2H3,(H2,26,27,28). The number of benzene rings is 1. The topological polar surface area (TPSA) is 85.1 Å². The zero-order valence-corrected chi connectivity index (χ0v) is 19.1. The maximum absolute atomic E-state index is 12.0. The van der Waals surface area contributed by atoms with Gasteiger partial charge in [0.15, 0.2) is 5.96 Å². The van der Waals surface area contributed by atoms with Crippen LogP contribution in [0.1, 0.15) is 43.9 Å². The number of aliphatic imine (C=N–C) groups is 1. The number of furan rings is 1. The van der Waals surface area contributed by atoms with Crippen molar-refractivity contribution in [1.29, 1.82) is 0 Å².